The Kier molecular flexibility index (Phi) is 5.15. The van der Waals surface area contributed by atoms with Gasteiger partial charge in [-0.25, -0.2) is 0 Å². The van der Waals surface area contributed by atoms with E-state index >= 15 is 0 Å². The lowest BCUT2D eigenvalue weighted by molar-refractivity contribution is -0.137. The normalized spacial score (nSPS) is 15.8. The number of hydrogen-bond acceptors (Lipinski definition) is 2. The van der Waals surface area contributed by atoms with E-state index in [1.54, 1.807) is 12.1 Å². The van der Waals surface area contributed by atoms with E-state index in [4.69, 9.17) is 4.42 Å². The number of piperidine rings is 1. The van der Waals surface area contributed by atoms with E-state index in [1.165, 1.54) is 17.7 Å². The molecule has 1 fully saturated rings. The van der Waals surface area contributed by atoms with E-state index in [1.807, 2.05) is 19.1 Å². The Balaban J connectivity index is 1.37. The predicted octanol–water partition coefficient (Wildman–Crippen LogP) is 6.94. The summed E-state index contributed by atoms with van der Waals surface area (Å²) in [5.74, 6) is 1.40. The molecule has 0 atom stereocenters. The molecule has 2 aromatic carbocycles. The maximum absolute atomic E-state index is 12.7. The molecule has 0 spiro atoms. The topological polar surface area (TPSA) is 16.4 Å². The molecule has 0 bridgehead atoms. The minimum absolute atomic E-state index is 0.575. The summed E-state index contributed by atoms with van der Waals surface area (Å²) in [4.78, 5) is 2.18. The zero-order valence-electron chi connectivity index (χ0n) is 16.4. The molecule has 2 heterocycles. The third-order valence-electron chi connectivity index (χ3n) is 5.70. The number of halogens is 3. The van der Waals surface area contributed by atoms with Crippen LogP contribution in [-0.2, 0) is 12.6 Å². The van der Waals surface area contributed by atoms with Crippen LogP contribution in [0.15, 0.2) is 59.5 Å². The first-order chi connectivity index (χ1) is 13.8. The lowest BCUT2D eigenvalue weighted by Crippen LogP contribution is -2.34. The van der Waals surface area contributed by atoms with Crippen molar-refractivity contribution in [2.45, 2.75) is 32.4 Å². The van der Waals surface area contributed by atoms with Gasteiger partial charge in [-0.05, 0) is 85.7 Å². The van der Waals surface area contributed by atoms with Gasteiger partial charge in [0.05, 0.1) is 5.56 Å². The molecule has 0 N–H and O–H groups in total. The summed E-state index contributed by atoms with van der Waals surface area (Å²) in [7, 11) is 0. The van der Waals surface area contributed by atoms with Crippen LogP contribution in [0.1, 0.15) is 36.7 Å². The first-order valence-electron chi connectivity index (χ1n) is 9.90. The van der Waals surface area contributed by atoms with E-state index in [9.17, 15) is 13.2 Å². The highest BCUT2D eigenvalue weighted by molar-refractivity contribution is 5.82. The minimum Gasteiger partial charge on any atom is -0.456 e. The third-order valence-corrected chi connectivity index (χ3v) is 5.70. The van der Waals surface area contributed by atoms with Gasteiger partial charge in [0.2, 0.25) is 0 Å². The Hall–Kier alpha value is -2.69. The van der Waals surface area contributed by atoms with Crippen molar-refractivity contribution in [1.29, 1.82) is 0 Å². The van der Waals surface area contributed by atoms with Crippen LogP contribution in [-0.4, -0.2) is 13.1 Å². The van der Waals surface area contributed by atoms with Gasteiger partial charge in [-0.1, -0.05) is 12.6 Å². The average Bonchev–Trinajstić information content (AvgIpc) is 3.12. The molecule has 4 rings (SSSR count). The standard InChI is InChI=1S/C24H24F3NO/c1-16(2)23-15-19-14-18(3-8-22(19)29-23)13-17-9-11-28(12-10-17)21-6-4-20(5-7-21)24(25,26)27/h3-8,14-15,17H,1,9-13H2,2H3. The summed E-state index contributed by atoms with van der Waals surface area (Å²) in [5, 5.41) is 1.10. The Morgan fingerprint density at radius 2 is 1.76 bits per heavy atom. The fourth-order valence-corrected chi connectivity index (χ4v) is 4.02. The first-order valence-corrected chi connectivity index (χ1v) is 9.90. The van der Waals surface area contributed by atoms with Gasteiger partial charge in [0, 0.05) is 24.2 Å². The van der Waals surface area contributed by atoms with Gasteiger partial charge in [0.1, 0.15) is 11.3 Å². The van der Waals surface area contributed by atoms with E-state index in [-0.39, 0.29) is 0 Å². The fraction of sp³-hybridized carbons (Fsp3) is 0.333. The number of anilines is 1. The van der Waals surface area contributed by atoms with Gasteiger partial charge in [-0.3, -0.25) is 0 Å². The highest BCUT2D eigenvalue weighted by Gasteiger charge is 2.30. The Bertz CT molecular complexity index is 1010. The van der Waals surface area contributed by atoms with E-state index in [0.717, 1.165) is 60.3 Å². The monoisotopic (exact) mass is 399 g/mol. The summed E-state index contributed by atoms with van der Waals surface area (Å²) < 4.78 is 44.0. The molecule has 5 heteroatoms. The number of allylic oxidation sites excluding steroid dienone is 1. The SMILES string of the molecule is C=C(C)c1cc2cc(CC3CCN(c4ccc(C(F)(F)F)cc4)CC3)ccc2o1. The van der Waals surface area contributed by atoms with Crippen LogP contribution in [0, 0.1) is 5.92 Å². The van der Waals surface area contributed by atoms with Crippen molar-refractivity contribution in [2.75, 3.05) is 18.0 Å². The summed E-state index contributed by atoms with van der Waals surface area (Å²) in [6.07, 6.45) is -1.22. The van der Waals surface area contributed by atoms with Gasteiger partial charge in [0.15, 0.2) is 0 Å². The molecule has 0 amide bonds. The number of furan rings is 1. The van der Waals surface area contributed by atoms with Crippen molar-refractivity contribution < 1.29 is 17.6 Å². The van der Waals surface area contributed by atoms with Crippen molar-refractivity contribution in [1.82, 2.24) is 0 Å². The molecule has 0 saturated carbocycles. The van der Waals surface area contributed by atoms with Gasteiger partial charge < -0.3 is 9.32 Å². The summed E-state index contributed by atoms with van der Waals surface area (Å²) in [6.45, 7) is 7.59. The smallest absolute Gasteiger partial charge is 0.416 e. The molecule has 1 aromatic heterocycles. The second kappa shape index (κ2) is 7.62. The predicted molar refractivity (Wildman–Crippen MR) is 111 cm³/mol. The Labute approximate surface area is 168 Å². The number of fused-ring (bicyclic) bond motifs is 1. The minimum atomic E-state index is -4.28. The molecule has 0 aliphatic carbocycles. The van der Waals surface area contributed by atoms with Crippen LogP contribution in [0.25, 0.3) is 16.5 Å². The van der Waals surface area contributed by atoms with Gasteiger partial charge in [0.25, 0.3) is 0 Å². The van der Waals surface area contributed by atoms with Crippen LogP contribution in [0.2, 0.25) is 0 Å². The van der Waals surface area contributed by atoms with Gasteiger partial charge in [-0.15, -0.1) is 0 Å². The number of nitrogens with zero attached hydrogens (tertiary/aromatic N) is 1. The highest BCUT2D eigenvalue weighted by atomic mass is 19.4. The average molecular weight is 399 g/mol. The fourth-order valence-electron chi connectivity index (χ4n) is 4.02. The number of hydrogen-bond donors (Lipinski definition) is 0. The van der Waals surface area contributed by atoms with Gasteiger partial charge in [-0.2, -0.15) is 13.2 Å². The summed E-state index contributed by atoms with van der Waals surface area (Å²) >= 11 is 0. The molecule has 0 unspecified atom stereocenters. The molecule has 0 radical (unpaired) electrons. The van der Waals surface area contributed by atoms with Crippen molar-refractivity contribution in [3.8, 4) is 0 Å². The molecule has 1 aliphatic rings. The molecule has 29 heavy (non-hydrogen) atoms. The van der Waals surface area contributed by atoms with E-state index in [0.29, 0.717) is 5.92 Å². The maximum atomic E-state index is 12.7. The summed E-state index contributed by atoms with van der Waals surface area (Å²) in [5.41, 5.74) is 3.35. The lowest BCUT2D eigenvalue weighted by Gasteiger charge is -2.34. The van der Waals surface area contributed by atoms with Crippen molar-refractivity contribution in [2.24, 2.45) is 5.92 Å². The lowest BCUT2D eigenvalue weighted by atomic mass is 9.89. The van der Waals surface area contributed by atoms with Crippen LogP contribution < -0.4 is 4.90 Å². The van der Waals surface area contributed by atoms with E-state index in [2.05, 4.69) is 23.6 Å². The quantitative estimate of drug-likeness (QED) is 0.472. The third kappa shape index (κ3) is 4.34. The number of rotatable bonds is 4. The second-order valence-electron chi connectivity index (χ2n) is 7.94. The first kappa shape index (κ1) is 19.6. The van der Waals surface area contributed by atoms with Crippen LogP contribution in [0.4, 0.5) is 18.9 Å². The maximum Gasteiger partial charge on any atom is 0.416 e. The van der Waals surface area contributed by atoms with Crippen LogP contribution in [0.5, 0.6) is 0 Å². The van der Waals surface area contributed by atoms with Gasteiger partial charge >= 0.3 is 6.18 Å². The number of benzene rings is 2. The van der Waals surface area contributed by atoms with Crippen molar-refractivity contribution >= 4 is 22.2 Å². The second-order valence-corrected chi connectivity index (χ2v) is 7.94. The zero-order chi connectivity index (χ0) is 20.6. The molecular weight excluding hydrogens is 375 g/mol. The largest absolute Gasteiger partial charge is 0.456 e. The summed E-state index contributed by atoms with van der Waals surface area (Å²) in [6, 6.07) is 13.9. The molecule has 3 aromatic rings. The van der Waals surface area contributed by atoms with Crippen LogP contribution >= 0.6 is 0 Å². The Morgan fingerprint density at radius 1 is 1.07 bits per heavy atom. The molecule has 1 saturated heterocycles. The number of alkyl halides is 3. The molecule has 2 nitrogen and oxygen atoms in total. The van der Waals surface area contributed by atoms with Crippen LogP contribution in [0.3, 0.4) is 0 Å². The molecule has 1 aliphatic heterocycles. The zero-order valence-corrected chi connectivity index (χ0v) is 16.4. The highest BCUT2D eigenvalue weighted by Crippen LogP contribution is 2.32. The molecule has 152 valence electrons. The Morgan fingerprint density at radius 3 is 2.38 bits per heavy atom. The van der Waals surface area contributed by atoms with Crippen molar-refractivity contribution in [3.05, 3.63) is 72.0 Å². The molecular formula is C24H24F3NO. The van der Waals surface area contributed by atoms with Crippen molar-refractivity contribution in [3.63, 3.8) is 0 Å². The van der Waals surface area contributed by atoms with E-state index < -0.39 is 11.7 Å².